The van der Waals surface area contributed by atoms with E-state index >= 15 is 0 Å². The molecule has 6 heteroatoms. The first-order chi connectivity index (χ1) is 9.24. The number of benzene rings is 1. The van der Waals surface area contributed by atoms with Gasteiger partial charge < -0.3 is 5.32 Å². The van der Waals surface area contributed by atoms with E-state index in [1.54, 1.807) is 0 Å². The van der Waals surface area contributed by atoms with Gasteiger partial charge >= 0.3 is 0 Å². The molecule has 0 saturated carbocycles. The maximum absolute atomic E-state index is 12.0. The average Bonchev–Trinajstić information content (AvgIpc) is 2.91. The molecule has 1 aromatic heterocycles. The Bertz CT molecular complexity index is 528. The molecule has 0 fully saturated rings. The van der Waals surface area contributed by atoms with E-state index in [0.717, 1.165) is 29.7 Å². The number of hydrogen-bond donors (Lipinski definition) is 1. The number of nitrogens with zero attached hydrogens (tertiary/aromatic N) is 4. The molecule has 0 aliphatic rings. The number of tetrazole rings is 1. The van der Waals surface area contributed by atoms with Crippen LogP contribution in [0.1, 0.15) is 25.0 Å². The summed E-state index contributed by atoms with van der Waals surface area (Å²) in [7, 11) is 0. The van der Waals surface area contributed by atoms with Crippen LogP contribution >= 0.6 is 0 Å². The second-order valence-corrected chi connectivity index (χ2v) is 4.21. The fourth-order valence-corrected chi connectivity index (χ4v) is 1.98. The van der Waals surface area contributed by atoms with E-state index in [4.69, 9.17) is 0 Å². The highest BCUT2D eigenvalue weighted by molar-refractivity contribution is 5.92. The molecule has 19 heavy (non-hydrogen) atoms. The normalized spacial score (nSPS) is 10.4. The van der Waals surface area contributed by atoms with Crippen molar-refractivity contribution in [2.24, 2.45) is 0 Å². The molecule has 0 bridgehead atoms. The van der Waals surface area contributed by atoms with E-state index in [1.807, 2.05) is 18.2 Å². The van der Waals surface area contributed by atoms with Crippen molar-refractivity contribution < 1.29 is 4.79 Å². The van der Waals surface area contributed by atoms with E-state index in [-0.39, 0.29) is 12.5 Å². The second kappa shape index (κ2) is 6.08. The Hall–Kier alpha value is -2.24. The highest BCUT2D eigenvalue weighted by Crippen LogP contribution is 2.22. The van der Waals surface area contributed by atoms with Crippen molar-refractivity contribution in [3.8, 4) is 0 Å². The van der Waals surface area contributed by atoms with Crippen LogP contribution in [-0.4, -0.2) is 26.1 Å². The Kier molecular flexibility index (Phi) is 4.22. The molecule has 0 spiro atoms. The molecule has 1 heterocycles. The minimum Gasteiger partial charge on any atom is -0.324 e. The third kappa shape index (κ3) is 3.15. The molecule has 0 unspecified atom stereocenters. The van der Waals surface area contributed by atoms with Crippen molar-refractivity contribution in [2.45, 2.75) is 33.2 Å². The number of rotatable bonds is 5. The molecule has 0 atom stereocenters. The number of nitrogens with one attached hydrogen (secondary N) is 1. The van der Waals surface area contributed by atoms with E-state index in [2.05, 4.69) is 34.7 Å². The molecule has 100 valence electrons. The molecule has 0 aliphatic heterocycles. The Labute approximate surface area is 111 Å². The molecule has 1 aromatic carbocycles. The molecule has 0 saturated heterocycles. The van der Waals surface area contributed by atoms with Gasteiger partial charge in [0.1, 0.15) is 12.9 Å². The molecule has 2 rings (SSSR count). The summed E-state index contributed by atoms with van der Waals surface area (Å²) in [5.74, 6) is -0.122. The van der Waals surface area contributed by atoms with Crippen LogP contribution in [0.4, 0.5) is 5.69 Å². The SMILES string of the molecule is CCc1cccc(CC)c1NC(=O)Cn1cnnn1. The predicted molar refractivity (Wildman–Crippen MR) is 71.6 cm³/mol. The van der Waals surface area contributed by atoms with Crippen molar-refractivity contribution in [2.75, 3.05) is 5.32 Å². The van der Waals surface area contributed by atoms with Crippen molar-refractivity contribution in [3.05, 3.63) is 35.7 Å². The van der Waals surface area contributed by atoms with Gasteiger partial charge in [0.25, 0.3) is 0 Å². The van der Waals surface area contributed by atoms with Crippen LogP contribution in [0.5, 0.6) is 0 Å². The minimum atomic E-state index is -0.122. The van der Waals surface area contributed by atoms with Crippen LogP contribution < -0.4 is 5.32 Å². The van der Waals surface area contributed by atoms with Crippen molar-refractivity contribution in [1.82, 2.24) is 20.2 Å². The predicted octanol–water partition coefficient (Wildman–Crippen LogP) is 1.44. The fourth-order valence-electron chi connectivity index (χ4n) is 1.98. The smallest absolute Gasteiger partial charge is 0.246 e. The third-order valence-electron chi connectivity index (χ3n) is 2.96. The maximum atomic E-state index is 12.0. The Balaban J connectivity index is 2.15. The molecule has 6 nitrogen and oxygen atoms in total. The van der Waals surface area contributed by atoms with E-state index in [1.165, 1.54) is 11.0 Å². The zero-order valence-electron chi connectivity index (χ0n) is 11.1. The first-order valence-corrected chi connectivity index (χ1v) is 6.36. The topological polar surface area (TPSA) is 72.7 Å². The van der Waals surface area contributed by atoms with Gasteiger partial charge in [0, 0.05) is 5.69 Å². The van der Waals surface area contributed by atoms with Gasteiger partial charge in [0.05, 0.1) is 0 Å². The Morgan fingerprint density at radius 1 is 1.26 bits per heavy atom. The maximum Gasteiger partial charge on any atom is 0.246 e. The Morgan fingerprint density at radius 3 is 2.47 bits per heavy atom. The van der Waals surface area contributed by atoms with Crippen molar-refractivity contribution >= 4 is 11.6 Å². The number of para-hydroxylation sites is 1. The number of anilines is 1. The number of carbonyl (C=O) groups excluding carboxylic acids is 1. The number of aromatic nitrogens is 4. The lowest BCUT2D eigenvalue weighted by Gasteiger charge is -2.14. The number of hydrogen-bond acceptors (Lipinski definition) is 4. The number of aryl methyl sites for hydroxylation is 2. The highest BCUT2D eigenvalue weighted by Gasteiger charge is 2.10. The standard InChI is InChI=1S/C13H17N5O/c1-3-10-6-5-7-11(4-2)13(10)15-12(19)8-18-9-14-16-17-18/h5-7,9H,3-4,8H2,1-2H3,(H,15,19). The lowest BCUT2D eigenvalue weighted by Crippen LogP contribution is -2.20. The summed E-state index contributed by atoms with van der Waals surface area (Å²) in [5, 5.41) is 13.6. The zero-order chi connectivity index (χ0) is 13.7. The number of carbonyl (C=O) groups is 1. The van der Waals surface area contributed by atoms with Crippen LogP contribution in [0.2, 0.25) is 0 Å². The van der Waals surface area contributed by atoms with Gasteiger partial charge in [-0.2, -0.15) is 0 Å². The quantitative estimate of drug-likeness (QED) is 0.881. The molecule has 1 amide bonds. The Morgan fingerprint density at radius 2 is 1.95 bits per heavy atom. The van der Waals surface area contributed by atoms with Gasteiger partial charge in [-0.05, 0) is 34.4 Å². The van der Waals surface area contributed by atoms with Crippen LogP contribution in [0.15, 0.2) is 24.5 Å². The van der Waals surface area contributed by atoms with Gasteiger partial charge in [-0.15, -0.1) is 5.10 Å². The highest BCUT2D eigenvalue weighted by atomic mass is 16.2. The van der Waals surface area contributed by atoms with E-state index < -0.39 is 0 Å². The lowest BCUT2D eigenvalue weighted by molar-refractivity contribution is -0.116. The van der Waals surface area contributed by atoms with Crippen molar-refractivity contribution in [3.63, 3.8) is 0 Å². The fraction of sp³-hybridized carbons (Fsp3) is 0.385. The first-order valence-electron chi connectivity index (χ1n) is 6.36. The van der Waals surface area contributed by atoms with Gasteiger partial charge in [-0.3, -0.25) is 4.79 Å². The van der Waals surface area contributed by atoms with Gasteiger partial charge in [0.2, 0.25) is 5.91 Å². The molecular weight excluding hydrogens is 242 g/mol. The molecule has 2 aromatic rings. The molecular formula is C13H17N5O. The largest absolute Gasteiger partial charge is 0.324 e. The summed E-state index contributed by atoms with van der Waals surface area (Å²) in [4.78, 5) is 12.0. The van der Waals surface area contributed by atoms with Gasteiger partial charge in [0.15, 0.2) is 0 Å². The van der Waals surface area contributed by atoms with E-state index in [9.17, 15) is 4.79 Å². The summed E-state index contributed by atoms with van der Waals surface area (Å²) < 4.78 is 1.40. The molecule has 0 aliphatic carbocycles. The van der Waals surface area contributed by atoms with Crippen LogP contribution in [0.3, 0.4) is 0 Å². The van der Waals surface area contributed by atoms with Gasteiger partial charge in [-0.1, -0.05) is 32.0 Å². The van der Waals surface area contributed by atoms with Gasteiger partial charge in [-0.25, -0.2) is 4.68 Å². The third-order valence-corrected chi connectivity index (χ3v) is 2.96. The molecule has 0 radical (unpaired) electrons. The summed E-state index contributed by atoms with van der Waals surface area (Å²) in [6.07, 6.45) is 3.19. The lowest BCUT2D eigenvalue weighted by atomic mass is 10.0. The van der Waals surface area contributed by atoms with Crippen molar-refractivity contribution in [1.29, 1.82) is 0 Å². The summed E-state index contributed by atoms with van der Waals surface area (Å²) >= 11 is 0. The summed E-state index contributed by atoms with van der Waals surface area (Å²) in [6, 6.07) is 6.09. The minimum absolute atomic E-state index is 0.119. The first kappa shape index (κ1) is 13.2. The van der Waals surface area contributed by atoms with Crippen LogP contribution in [0, 0.1) is 0 Å². The second-order valence-electron chi connectivity index (χ2n) is 4.21. The average molecular weight is 259 g/mol. The zero-order valence-corrected chi connectivity index (χ0v) is 11.1. The number of amides is 1. The monoisotopic (exact) mass is 259 g/mol. The van der Waals surface area contributed by atoms with E-state index in [0.29, 0.717) is 0 Å². The van der Waals surface area contributed by atoms with Crippen LogP contribution in [-0.2, 0) is 24.2 Å². The molecule has 1 N–H and O–H groups in total. The van der Waals surface area contributed by atoms with Crippen LogP contribution in [0.25, 0.3) is 0 Å². The summed E-state index contributed by atoms with van der Waals surface area (Å²) in [6.45, 7) is 4.27. The summed E-state index contributed by atoms with van der Waals surface area (Å²) in [5.41, 5.74) is 3.21.